The van der Waals surface area contributed by atoms with Crippen molar-refractivity contribution in [3.8, 4) is 5.75 Å². The molecule has 2 heterocycles. The Morgan fingerprint density at radius 1 is 1.45 bits per heavy atom. The second-order valence-electron chi connectivity index (χ2n) is 4.35. The molecule has 6 nitrogen and oxygen atoms in total. The van der Waals surface area contributed by atoms with Gasteiger partial charge in [-0.15, -0.1) is 0 Å². The lowest BCUT2D eigenvalue weighted by Gasteiger charge is -2.18. The number of nitrogens with zero attached hydrogens (tertiary/aromatic N) is 2. The number of amides is 1. The first-order valence-electron chi connectivity index (χ1n) is 6.20. The van der Waals surface area contributed by atoms with Gasteiger partial charge in [-0.1, -0.05) is 23.5 Å². The molecule has 0 saturated heterocycles. The van der Waals surface area contributed by atoms with Crippen LogP contribution in [0.2, 0.25) is 0 Å². The summed E-state index contributed by atoms with van der Waals surface area (Å²) in [7, 11) is 0. The summed E-state index contributed by atoms with van der Waals surface area (Å²) in [5, 5.41) is 0.638. The molecule has 0 radical (unpaired) electrons. The molecular weight excluding hydrogens is 276 g/mol. The third kappa shape index (κ3) is 2.45. The second kappa shape index (κ2) is 5.48. The minimum absolute atomic E-state index is 0.0197. The number of rotatable bonds is 3. The number of benzene rings is 1. The number of hydrogen-bond acceptors (Lipinski definition) is 6. The molecule has 0 unspecified atom stereocenters. The average Bonchev–Trinajstić information content (AvgIpc) is 2.87. The molecule has 0 bridgehead atoms. The number of hydrogen-bond donors (Lipinski definition) is 2. The molecular formula is C13H14N4O2S. The van der Waals surface area contributed by atoms with Gasteiger partial charge in [0, 0.05) is 11.1 Å². The van der Waals surface area contributed by atoms with Crippen LogP contribution in [-0.2, 0) is 6.54 Å². The number of para-hydroxylation sites is 1. The smallest absolute Gasteiger partial charge is 0.258 e. The summed E-state index contributed by atoms with van der Waals surface area (Å²) >= 11 is 1.43. The van der Waals surface area contributed by atoms with Crippen molar-refractivity contribution < 1.29 is 9.53 Å². The van der Waals surface area contributed by atoms with Gasteiger partial charge in [-0.3, -0.25) is 10.2 Å². The van der Waals surface area contributed by atoms with Gasteiger partial charge in [-0.25, -0.2) is 10.8 Å². The lowest BCUT2D eigenvalue weighted by atomic mass is 10.2. The van der Waals surface area contributed by atoms with E-state index in [1.165, 1.54) is 11.3 Å². The van der Waals surface area contributed by atoms with Crippen LogP contribution in [0.5, 0.6) is 5.75 Å². The topological polar surface area (TPSA) is 80.5 Å². The van der Waals surface area contributed by atoms with E-state index in [0.29, 0.717) is 36.1 Å². The first-order valence-corrected chi connectivity index (χ1v) is 7.02. The van der Waals surface area contributed by atoms with Crippen LogP contribution in [0.4, 0.5) is 5.13 Å². The maximum atomic E-state index is 12.5. The maximum Gasteiger partial charge on any atom is 0.258 e. The number of nitrogens with one attached hydrogen (secondary N) is 1. The monoisotopic (exact) mass is 290 g/mol. The lowest BCUT2D eigenvalue weighted by Crippen LogP contribution is -2.31. The second-order valence-corrected chi connectivity index (χ2v) is 5.46. The highest BCUT2D eigenvalue weighted by molar-refractivity contribution is 7.15. The Morgan fingerprint density at radius 3 is 3.10 bits per heavy atom. The molecule has 7 heteroatoms. The van der Waals surface area contributed by atoms with E-state index in [4.69, 9.17) is 10.6 Å². The number of thiazole rings is 1. The molecule has 1 aliphatic heterocycles. The molecule has 1 aliphatic rings. The molecule has 3 rings (SSSR count). The minimum Gasteiger partial charge on any atom is -0.491 e. The average molecular weight is 290 g/mol. The molecule has 2 aromatic rings. The third-order valence-corrected chi connectivity index (χ3v) is 3.96. The summed E-state index contributed by atoms with van der Waals surface area (Å²) in [5.74, 6) is 5.94. The van der Waals surface area contributed by atoms with Crippen molar-refractivity contribution in [3.05, 3.63) is 40.9 Å². The quantitative estimate of drug-likeness (QED) is 0.661. The van der Waals surface area contributed by atoms with Crippen molar-refractivity contribution in [2.45, 2.75) is 6.54 Å². The molecule has 0 spiro atoms. The molecule has 1 aromatic carbocycles. The van der Waals surface area contributed by atoms with Gasteiger partial charge in [0.1, 0.15) is 12.4 Å². The fraction of sp³-hybridized carbons (Fsp3) is 0.231. The van der Waals surface area contributed by atoms with Crippen LogP contribution in [0, 0.1) is 0 Å². The zero-order valence-corrected chi connectivity index (χ0v) is 11.5. The Labute approximate surface area is 120 Å². The Bertz CT molecular complexity index is 628. The predicted molar refractivity (Wildman–Crippen MR) is 76.6 cm³/mol. The van der Waals surface area contributed by atoms with Crippen LogP contribution < -0.4 is 16.0 Å². The highest BCUT2D eigenvalue weighted by Gasteiger charge is 2.23. The predicted octanol–water partition coefficient (Wildman–Crippen LogP) is 1.46. The SMILES string of the molecule is NNc1ncc(CN2CCOc3ccccc3C2=O)s1. The van der Waals surface area contributed by atoms with Gasteiger partial charge in [-0.05, 0) is 12.1 Å². The van der Waals surface area contributed by atoms with E-state index in [1.54, 1.807) is 17.2 Å². The molecule has 20 heavy (non-hydrogen) atoms. The third-order valence-electron chi connectivity index (χ3n) is 3.05. The first-order chi connectivity index (χ1) is 9.78. The number of carbonyl (C=O) groups is 1. The van der Waals surface area contributed by atoms with Gasteiger partial charge >= 0.3 is 0 Å². The van der Waals surface area contributed by atoms with E-state index < -0.39 is 0 Å². The van der Waals surface area contributed by atoms with Crippen LogP contribution in [0.1, 0.15) is 15.2 Å². The van der Waals surface area contributed by atoms with E-state index in [2.05, 4.69) is 10.4 Å². The van der Waals surface area contributed by atoms with Gasteiger partial charge in [0.05, 0.1) is 18.7 Å². The van der Waals surface area contributed by atoms with Crippen LogP contribution in [0.3, 0.4) is 0 Å². The van der Waals surface area contributed by atoms with Crippen LogP contribution >= 0.6 is 11.3 Å². The fourth-order valence-corrected chi connectivity index (χ4v) is 2.83. The van der Waals surface area contributed by atoms with Crippen molar-refractivity contribution >= 4 is 22.4 Å². The lowest BCUT2D eigenvalue weighted by molar-refractivity contribution is 0.0744. The Kier molecular flexibility index (Phi) is 3.53. The highest BCUT2D eigenvalue weighted by atomic mass is 32.1. The zero-order valence-electron chi connectivity index (χ0n) is 10.7. The van der Waals surface area contributed by atoms with Gasteiger partial charge in [0.25, 0.3) is 5.91 Å². The van der Waals surface area contributed by atoms with Crippen molar-refractivity contribution in [2.75, 3.05) is 18.6 Å². The molecule has 3 N–H and O–H groups in total. The number of carbonyl (C=O) groups excluding carboxylic acids is 1. The summed E-state index contributed by atoms with van der Waals surface area (Å²) < 4.78 is 5.61. The van der Waals surface area contributed by atoms with E-state index in [9.17, 15) is 4.79 Å². The molecule has 0 aliphatic carbocycles. The standard InChI is InChI=1S/C13H14N4O2S/c14-16-13-15-7-9(20-13)8-17-5-6-19-11-4-2-1-3-10(11)12(17)18/h1-4,7H,5-6,8,14H2,(H,15,16). The minimum atomic E-state index is -0.0197. The summed E-state index contributed by atoms with van der Waals surface area (Å²) in [4.78, 5) is 19.4. The van der Waals surface area contributed by atoms with Crippen LogP contribution in [0.25, 0.3) is 0 Å². The highest BCUT2D eigenvalue weighted by Crippen LogP contribution is 2.25. The summed E-state index contributed by atoms with van der Waals surface area (Å²) in [6.45, 7) is 1.55. The Balaban J connectivity index is 1.82. The van der Waals surface area contributed by atoms with E-state index >= 15 is 0 Å². The summed E-state index contributed by atoms with van der Waals surface area (Å²) in [6.07, 6.45) is 1.73. The molecule has 1 amide bonds. The summed E-state index contributed by atoms with van der Waals surface area (Å²) in [6, 6.07) is 7.31. The largest absolute Gasteiger partial charge is 0.491 e. The van der Waals surface area contributed by atoms with Gasteiger partial charge < -0.3 is 9.64 Å². The molecule has 104 valence electrons. The molecule has 0 atom stereocenters. The number of ether oxygens (including phenoxy) is 1. The number of fused-ring (bicyclic) bond motifs is 1. The van der Waals surface area contributed by atoms with Crippen molar-refractivity contribution in [3.63, 3.8) is 0 Å². The molecule has 0 saturated carbocycles. The van der Waals surface area contributed by atoms with Gasteiger partial charge in [0.2, 0.25) is 0 Å². The maximum absolute atomic E-state index is 12.5. The number of nitrogens with two attached hydrogens (primary N) is 1. The van der Waals surface area contributed by atoms with Gasteiger partial charge in [-0.2, -0.15) is 0 Å². The number of nitrogen functional groups attached to an aromatic ring is 1. The van der Waals surface area contributed by atoms with Crippen molar-refractivity contribution in [1.29, 1.82) is 0 Å². The Hall–Kier alpha value is -2.12. The van der Waals surface area contributed by atoms with E-state index in [1.807, 2.05) is 18.2 Å². The molecule has 0 fully saturated rings. The van der Waals surface area contributed by atoms with Gasteiger partial charge in [0.15, 0.2) is 5.13 Å². The number of hydrazine groups is 1. The van der Waals surface area contributed by atoms with Crippen LogP contribution in [0.15, 0.2) is 30.5 Å². The Morgan fingerprint density at radius 2 is 2.30 bits per heavy atom. The number of anilines is 1. The van der Waals surface area contributed by atoms with E-state index in [0.717, 1.165) is 4.88 Å². The number of aromatic nitrogens is 1. The van der Waals surface area contributed by atoms with Crippen LogP contribution in [-0.4, -0.2) is 28.9 Å². The van der Waals surface area contributed by atoms with Crippen molar-refractivity contribution in [2.24, 2.45) is 5.84 Å². The van der Waals surface area contributed by atoms with Crippen molar-refractivity contribution in [1.82, 2.24) is 9.88 Å². The van der Waals surface area contributed by atoms with E-state index in [-0.39, 0.29) is 5.91 Å². The first kappa shape index (κ1) is 12.9. The fourth-order valence-electron chi connectivity index (χ4n) is 2.09. The summed E-state index contributed by atoms with van der Waals surface area (Å²) in [5.41, 5.74) is 3.11. The zero-order chi connectivity index (χ0) is 13.9. The molecule has 1 aromatic heterocycles. The normalized spacial score (nSPS) is 14.4.